The van der Waals surface area contributed by atoms with E-state index in [0.717, 1.165) is 0 Å². The van der Waals surface area contributed by atoms with E-state index in [1.54, 1.807) is 31.3 Å². The predicted molar refractivity (Wildman–Crippen MR) is 67.8 cm³/mol. The van der Waals surface area contributed by atoms with Crippen LogP contribution in [-0.2, 0) is 0 Å². The Morgan fingerprint density at radius 3 is 2.59 bits per heavy atom. The first-order valence-corrected chi connectivity index (χ1v) is 5.77. The molecule has 0 bridgehead atoms. The molecule has 0 fully saturated rings. The first kappa shape index (κ1) is 13.5. The average Bonchev–Trinajstić information content (AvgIpc) is 2.28. The molecule has 17 heavy (non-hydrogen) atoms. The number of amides is 1. The van der Waals surface area contributed by atoms with Crippen molar-refractivity contribution in [3.63, 3.8) is 0 Å². The van der Waals surface area contributed by atoms with Gasteiger partial charge in [-0.25, -0.2) is 0 Å². The molecule has 0 spiro atoms. The summed E-state index contributed by atoms with van der Waals surface area (Å²) in [6.07, 6.45) is 0. The Morgan fingerprint density at radius 1 is 1.47 bits per heavy atom. The van der Waals surface area contributed by atoms with Crippen molar-refractivity contribution in [3.8, 4) is 6.07 Å². The number of nitrogens with zero attached hydrogens (tertiary/aromatic N) is 2. The first-order valence-electron chi connectivity index (χ1n) is 5.39. The molecule has 4 heteroatoms. The average molecular weight is 251 g/mol. The highest BCUT2D eigenvalue weighted by atomic mass is 35.5. The monoisotopic (exact) mass is 250 g/mol. The van der Waals surface area contributed by atoms with E-state index in [4.69, 9.17) is 16.9 Å². The van der Waals surface area contributed by atoms with Crippen LogP contribution < -0.4 is 0 Å². The minimum Gasteiger partial charge on any atom is -0.325 e. The van der Waals surface area contributed by atoms with Crippen LogP contribution in [0, 0.1) is 17.2 Å². The molecule has 1 amide bonds. The minimum atomic E-state index is -0.429. The number of nitriles is 1. The molecule has 1 atom stereocenters. The Bertz CT molecular complexity index is 451. The van der Waals surface area contributed by atoms with E-state index in [-0.39, 0.29) is 11.8 Å². The van der Waals surface area contributed by atoms with Crippen molar-refractivity contribution in [2.45, 2.75) is 19.9 Å². The summed E-state index contributed by atoms with van der Waals surface area (Å²) in [5, 5.41) is 9.56. The molecule has 0 aliphatic carbocycles. The summed E-state index contributed by atoms with van der Waals surface area (Å²) >= 11 is 5.83. The van der Waals surface area contributed by atoms with Crippen LogP contribution in [0.4, 0.5) is 0 Å². The Labute approximate surface area is 107 Å². The van der Waals surface area contributed by atoms with Gasteiger partial charge < -0.3 is 4.90 Å². The smallest absolute Gasteiger partial charge is 0.254 e. The molecule has 0 N–H and O–H groups in total. The molecule has 0 saturated heterocycles. The molecule has 1 aromatic rings. The first-order chi connectivity index (χ1) is 7.97. The number of carbonyl (C=O) groups is 1. The van der Waals surface area contributed by atoms with Crippen LogP contribution in [0.25, 0.3) is 0 Å². The second kappa shape index (κ2) is 5.70. The summed E-state index contributed by atoms with van der Waals surface area (Å²) in [6.45, 7) is 3.82. The molecule has 90 valence electrons. The molecule has 0 aromatic heterocycles. The van der Waals surface area contributed by atoms with Crippen molar-refractivity contribution in [2.24, 2.45) is 5.92 Å². The summed E-state index contributed by atoms with van der Waals surface area (Å²) in [6, 6.07) is 8.44. The summed E-state index contributed by atoms with van der Waals surface area (Å²) in [7, 11) is 1.64. The lowest BCUT2D eigenvalue weighted by Gasteiger charge is -2.25. The fraction of sp³-hybridized carbons (Fsp3) is 0.385. The van der Waals surface area contributed by atoms with Gasteiger partial charge in [0.15, 0.2) is 0 Å². The van der Waals surface area contributed by atoms with Gasteiger partial charge in [-0.1, -0.05) is 31.5 Å². The Balaban J connectivity index is 2.94. The molecule has 3 nitrogen and oxygen atoms in total. The van der Waals surface area contributed by atoms with Gasteiger partial charge in [0.2, 0.25) is 0 Å². The van der Waals surface area contributed by atoms with Crippen LogP contribution in [0.3, 0.4) is 0 Å². The fourth-order valence-corrected chi connectivity index (χ4v) is 1.82. The van der Waals surface area contributed by atoms with E-state index < -0.39 is 6.04 Å². The van der Waals surface area contributed by atoms with Crippen molar-refractivity contribution >= 4 is 17.5 Å². The number of carbonyl (C=O) groups excluding carboxylic acids is 1. The summed E-state index contributed by atoms with van der Waals surface area (Å²) in [5.74, 6) is -0.0964. The highest BCUT2D eigenvalue weighted by Gasteiger charge is 2.23. The lowest BCUT2D eigenvalue weighted by Crippen LogP contribution is -2.39. The molecular weight excluding hydrogens is 236 g/mol. The van der Waals surface area contributed by atoms with Crippen LogP contribution in [0.5, 0.6) is 0 Å². The topological polar surface area (TPSA) is 44.1 Å². The van der Waals surface area contributed by atoms with Crippen LogP contribution in [0.15, 0.2) is 24.3 Å². The van der Waals surface area contributed by atoms with E-state index in [0.29, 0.717) is 10.6 Å². The van der Waals surface area contributed by atoms with Crippen molar-refractivity contribution in [2.75, 3.05) is 7.05 Å². The zero-order valence-electron chi connectivity index (χ0n) is 10.1. The minimum absolute atomic E-state index is 0.0909. The Hall–Kier alpha value is -1.53. The summed E-state index contributed by atoms with van der Waals surface area (Å²) in [4.78, 5) is 13.6. The lowest BCUT2D eigenvalue weighted by molar-refractivity contribution is 0.0736. The lowest BCUT2D eigenvalue weighted by atomic mass is 10.0. The van der Waals surface area contributed by atoms with Crippen molar-refractivity contribution in [1.29, 1.82) is 5.26 Å². The van der Waals surface area contributed by atoms with Gasteiger partial charge in [-0.2, -0.15) is 5.26 Å². The quantitative estimate of drug-likeness (QED) is 0.828. The van der Waals surface area contributed by atoms with Gasteiger partial charge in [0.25, 0.3) is 5.91 Å². The van der Waals surface area contributed by atoms with E-state index in [1.165, 1.54) is 4.90 Å². The Morgan fingerprint density at radius 2 is 2.12 bits per heavy atom. The molecule has 0 saturated carbocycles. The highest BCUT2D eigenvalue weighted by molar-refractivity contribution is 6.30. The van der Waals surface area contributed by atoms with E-state index >= 15 is 0 Å². The zero-order valence-corrected chi connectivity index (χ0v) is 10.9. The van der Waals surface area contributed by atoms with Gasteiger partial charge in [0, 0.05) is 17.6 Å². The predicted octanol–water partition coefficient (Wildman–Crippen LogP) is 2.96. The molecule has 1 aromatic carbocycles. The number of halogens is 1. The van der Waals surface area contributed by atoms with Crippen molar-refractivity contribution in [1.82, 2.24) is 4.90 Å². The number of hydrogen-bond acceptors (Lipinski definition) is 2. The Kier molecular flexibility index (Phi) is 4.53. The van der Waals surface area contributed by atoms with Gasteiger partial charge in [-0.15, -0.1) is 0 Å². The molecule has 0 aliphatic rings. The number of benzene rings is 1. The van der Waals surface area contributed by atoms with Crippen LogP contribution >= 0.6 is 11.6 Å². The van der Waals surface area contributed by atoms with E-state index in [2.05, 4.69) is 6.07 Å². The second-order valence-corrected chi connectivity index (χ2v) is 4.68. The van der Waals surface area contributed by atoms with Gasteiger partial charge in [-0.3, -0.25) is 4.79 Å². The van der Waals surface area contributed by atoms with E-state index in [1.807, 2.05) is 13.8 Å². The van der Waals surface area contributed by atoms with Crippen molar-refractivity contribution in [3.05, 3.63) is 34.9 Å². The maximum atomic E-state index is 12.1. The normalized spacial score (nSPS) is 12.0. The number of hydrogen-bond donors (Lipinski definition) is 0. The summed E-state index contributed by atoms with van der Waals surface area (Å²) < 4.78 is 0. The molecule has 0 radical (unpaired) electrons. The van der Waals surface area contributed by atoms with Crippen LogP contribution in [0.2, 0.25) is 5.02 Å². The third kappa shape index (κ3) is 3.21. The molecular formula is C13H15ClN2O. The summed E-state index contributed by atoms with van der Waals surface area (Å²) in [5.41, 5.74) is 0.501. The van der Waals surface area contributed by atoms with Gasteiger partial charge in [0.1, 0.15) is 6.04 Å². The van der Waals surface area contributed by atoms with Gasteiger partial charge in [0.05, 0.1) is 6.07 Å². The maximum Gasteiger partial charge on any atom is 0.254 e. The highest BCUT2D eigenvalue weighted by Crippen LogP contribution is 2.15. The second-order valence-electron chi connectivity index (χ2n) is 4.24. The van der Waals surface area contributed by atoms with Crippen LogP contribution in [-0.4, -0.2) is 23.9 Å². The third-order valence-electron chi connectivity index (χ3n) is 2.57. The third-order valence-corrected chi connectivity index (χ3v) is 2.81. The number of rotatable bonds is 3. The fourth-order valence-electron chi connectivity index (χ4n) is 1.63. The molecule has 0 aliphatic heterocycles. The van der Waals surface area contributed by atoms with E-state index in [9.17, 15) is 4.79 Å². The molecule has 1 rings (SSSR count). The van der Waals surface area contributed by atoms with Gasteiger partial charge >= 0.3 is 0 Å². The molecule has 1 unspecified atom stereocenters. The largest absolute Gasteiger partial charge is 0.325 e. The zero-order chi connectivity index (χ0) is 13.0. The SMILES string of the molecule is CC(C)C(C#N)N(C)C(=O)c1cccc(Cl)c1. The standard InChI is InChI=1S/C13H15ClN2O/c1-9(2)12(8-15)16(3)13(17)10-5-4-6-11(14)7-10/h4-7,9,12H,1-3H3. The van der Waals surface area contributed by atoms with Crippen LogP contribution in [0.1, 0.15) is 24.2 Å². The van der Waals surface area contributed by atoms with Crippen molar-refractivity contribution < 1.29 is 4.79 Å². The maximum absolute atomic E-state index is 12.1. The van der Waals surface area contributed by atoms with Gasteiger partial charge in [-0.05, 0) is 24.1 Å². The molecule has 0 heterocycles.